The molecular formula is C15H20FN3S. The number of aryl methyl sites for hydroxylation is 1. The minimum atomic E-state index is -0.231. The molecule has 0 radical (unpaired) electrons. The predicted molar refractivity (Wildman–Crippen MR) is 81.5 cm³/mol. The first-order chi connectivity index (χ1) is 9.56. The minimum absolute atomic E-state index is 0.231. The molecule has 0 bridgehead atoms. The van der Waals surface area contributed by atoms with Crippen molar-refractivity contribution in [2.75, 3.05) is 13.1 Å². The van der Waals surface area contributed by atoms with Crippen molar-refractivity contribution < 1.29 is 4.39 Å². The van der Waals surface area contributed by atoms with Crippen LogP contribution in [0.4, 0.5) is 4.39 Å². The highest BCUT2D eigenvalue weighted by atomic mass is 32.1. The van der Waals surface area contributed by atoms with Gasteiger partial charge >= 0.3 is 0 Å². The van der Waals surface area contributed by atoms with Crippen LogP contribution < -0.4 is 5.32 Å². The highest BCUT2D eigenvalue weighted by Gasteiger charge is 2.11. The van der Waals surface area contributed by atoms with E-state index in [2.05, 4.69) is 29.4 Å². The quantitative estimate of drug-likeness (QED) is 0.829. The fraction of sp³-hybridized carbons (Fsp3) is 0.467. The van der Waals surface area contributed by atoms with E-state index in [4.69, 9.17) is 0 Å². The SMILES string of the molecule is Cc1ccc(-c2nnc(CCNCC(C)C)s2)c(F)c1. The summed E-state index contributed by atoms with van der Waals surface area (Å²) in [5.74, 6) is 0.410. The third-order valence-electron chi connectivity index (χ3n) is 2.89. The predicted octanol–water partition coefficient (Wildman–Crippen LogP) is 3.44. The van der Waals surface area contributed by atoms with Crippen LogP contribution in [0.2, 0.25) is 0 Å². The van der Waals surface area contributed by atoms with Gasteiger partial charge in [-0.05, 0) is 37.1 Å². The van der Waals surface area contributed by atoms with Crippen molar-refractivity contribution in [1.82, 2.24) is 15.5 Å². The Hall–Kier alpha value is -1.33. The van der Waals surface area contributed by atoms with E-state index in [-0.39, 0.29) is 5.82 Å². The van der Waals surface area contributed by atoms with Gasteiger partial charge in [-0.25, -0.2) is 4.39 Å². The van der Waals surface area contributed by atoms with E-state index < -0.39 is 0 Å². The number of aromatic nitrogens is 2. The molecule has 0 aliphatic rings. The minimum Gasteiger partial charge on any atom is -0.316 e. The van der Waals surface area contributed by atoms with E-state index in [1.165, 1.54) is 17.4 Å². The second-order valence-corrected chi connectivity index (χ2v) is 6.39. The number of benzene rings is 1. The molecule has 0 aliphatic carbocycles. The fourth-order valence-corrected chi connectivity index (χ4v) is 2.71. The lowest BCUT2D eigenvalue weighted by Crippen LogP contribution is -2.22. The first-order valence-electron chi connectivity index (χ1n) is 6.86. The van der Waals surface area contributed by atoms with Gasteiger partial charge in [0.2, 0.25) is 0 Å². The summed E-state index contributed by atoms with van der Waals surface area (Å²) in [4.78, 5) is 0. The monoisotopic (exact) mass is 293 g/mol. The fourth-order valence-electron chi connectivity index (χ4n) is 1.84. The lowest BCUT2D eigenvalue weighted by molar-refractivity contribution is 0.553. The third kappa shape index (κ3) is 4.08. The Labute approximate surface area is 123 Å². The smallest absolute Gasteiger partial charge is 0.150 e. The first-order valence-corrected chi connectivity index (χ1v) is 7.67. The van der Waals surface area contributed by atoms with Gasteiger partial charge in [0.05, 0.1) is 0 Å². The average molecular weight is 293 g/mol. The average Bonchev–Trinajstić information content (AvgIpc) is 2.83. The molecule has 0 unspecified atom stereocenters. The van der Waals surface area contributed by atoms with Gasteiger partial charge in [0, 0.05) is 18.5 Å². The van der Waals surface area contributed by atoms with Crippen molar-refractivity contribution in [2.24, 2.45) is 5.92 Å². The van der Waals surface area contributed by atoms with Gasteiger partial charge in [0.15, 0.2) is 5.01 Å². The van der Waals surface area contributed by atoms with E-state index in [9.17, 15) is 4.39 Å². The molecule has 20 heavy (non-hydrogen) atoms. The van der Waals surface area contributed by atoms with E-state index in [0.29, 0.717) is 16.5 Å². The molecule has 0 saturated carbocycles. The molecule has 0 saturated heterocycles. The Balaban J connectivity index is 1.98. The molecule has 0 amide bonds. The van der Waals surface area contributed by atoms with Gasteiger partial charge in [-0.2, -0.15) is 0 Å². The zero-order valence-electron chi connectivity index (χ0n) is 12.1. The first kappa shape index (κ1) is 15.1. The molecule has 0 fully saturated rings. The molecule has 1 aromatic carbocycles. The van der Waals surface area contributed by atoms with Crippen LogP contribution in [0.25, 0.3) is 10.6 Å². The third-order valence-corrected chi connectivity index (χ3v) is 3.91. The van der Waals surface area contributed by atoms with Gasteiger partial charge in [-0.15, -0.1) is 10.2 Å². The molecule has 108 valence electrons. The summed E-state index contributed by atoms with van der Waals surface area (Å²) in [6.07, 6.45) is 0.831. The topological polar surface area (TPSA) is 37.8 Å². The van der Waals surface area contributed by atoms with Crippen molar-refractivity contribution in [3.63, 3.8) is 0 Å². The summed E-state index contributed by atoms with van der Waals surface area (Å²) in [6.45, 7) is 8.10. The lowest BCUT2D eigenvalue weighted by atomic mass is 10.1. The van der Waals surface area contributed by atoms with Crippen molar-refractivity contribution in [1.29, 1.82) is 0 Å². The molecule has 1 N–H and O–H groups in total. The summed E-state index contributed by atoms with van der Waals surface area (Å²) >= 11 is 1.46. The van der Waals surface area contributed by atoms with Crippen LogP contribution in [0.5, 0.6) is 0 Å². The summed E-state index contributed by atoms with van der Waals surface area (Å²) in [6, 6.07) is 5.19. The lowest BCUT2D eigenvalue weighted by Gasteiger charge is -2.05. The molecule has 3 nitrogen and oxygen atoms in total. The Kier molecular flexibility index (Phi) is 5.20. The van der Waals surface area contributed by atoms with Crippen LogP contribution in [-0.4, -0.2) is 23.3 Å². The maximum Gasteiger partial charge on any atom is 0.150 e. The van der Waals surface area contributed by atoms with Crippen LogP contribution in [0, 0.1) is 18.7 Å². The molecule has 2 aromatic rings. The van der Waals surface area contributed by atoms with Crippen molar-refractivity contribution in [3.05, 3.63) is 34.6 Å². The van der Waals surface area contributed by atoms with Gasteiger partial charge < -0.3 is 5.32 Å². The summed E-state index contributed by atoms with van der Waals surface area (Å²) in [7, 11) is 0. The second-order valence-electron chi connectivity index (χ2n) is 5.33. The molecule has 1 aromatic heterocycles. The van der Waals surface area contributed by atoms with E-state index >= 15 is 0 Å². The number of rotatable bonds is 6. The van der Waals surface area contributed by atoms with E-state index in [1.54, 1.807) is 6.07 Å². The van der Waals surface area contributed by atoms with Crippen LogP contribution in [0.15, 0.2) is 18.2 Å². The van der Waals surface area contributed by atoms with Gasteiger partial charge in [0.1, 0.15) is 10.8 Å². The maximum absolute atomic E-state index is 13.9. The van der Waals surface area contributed by atoms with Gasteiger partial charge in [-0.3, -0.25) is 0 Å². The maximum atomic E-state index is 13.9. The Morgan fingerprint density at radius 3 is 2.80 bits per heavy atom. The molecule has 0 spiro atoms. The molecular weight excluding hydrogens is 273 g/mol. The van der Waals surface area contributed by atoms with Crippen LogP contribution in [-0.2, 0) is 6.42 Å². The number of halogens is 1. The number of hydrogen-bond acceptors (Lipinski definition) is 4. The highest BCUT2D eigenvalue weighted by Crippen LogP contribution is 2.26. The van der Waals surface area contributed by atoms with Crippen LogP contribution in [0.1, 0.15) is 24.4 Å². The van der Waals surface area contributed by atoms with E-state index in [0.717, 1.165) is 30.1 Å². The largest absolute Gasteiger partial charge is 0.316 e. The van der Waals surface area contributed by atoms with Crippen molar-refractivity contribution in [2.45, 2.75) is 27.2 Å². The molecule has 0 aliphatic heterocycles. The zero-order chi connectivity index (χ0) is 14.5. The molecule has 5 heteroatoms. The molecule has 2 rings (SSSR count). The van der Waals surface area contributed by atoms with Crippen LogP contribution in [0.3, 0.4) is 0 Å². The Morgan fingerprint density at radius 2 is 2.10 bits per heavy atom. The number of nitrogens with one attached hydrogen (secondary N) is 1. The van der Waals surface area contributed by atoms with E-state index in [1.807, 2.05) is 13.0 Å². The summed E-state index contributed by atoms with van der Waals surface area (Å²) in [5, 5.41) is 13.2. The standard InChI is InChI=1S/C15H20FN3S/c1-10(2)9-17-7-6-14-18-19-15(20-14)12-5-4-11(3)8-13(12)16/h4-5,8,10,17H,6-7,9H2,1-3H3. The van der Waals surface area contributed by atoms with Gasteiger partial charge in [-0.1, -0.05) is 31.3 Å². The molecule has 1 heterocycles. The highest BCUT2D eigenvalue weighted by molar-refractivity contribution is 7.14. The Morgan fingerprint density at radius 1 is 1.30 bits per heavy atom. The summed E-state index contributed by atoms with van der Waals surface area (Å²) < 4.78 is 13.9. The summed E-state index contributed by atoms with van der Waals surface area (Å²) in [5.41, 5.74) is 1.45. The van der Waals surface area contributed by atoms with Crippen molar-refractivity contribution >= 4 is 11.3 Å². The van der Waals surface area contributed by atoms with Gasteiger partial charge in [0.25, 0.3) is 0 Å². The number of nitrogens with zero attached hydrogens (tertiary/aromatic N) is 2. The second kappa shape index (κ2) is 6.90. The Bertz CT molecular complexity index is 566. The zero-order valence-corrected chi connectivity index (χ0v) is 12.9. The number of hydrogen-bond donors (Lipinski definition) is 1. The van der Waals surface area contributed by atoms with Crippen LogP contribution >= 0.6 is 11.3 Å². The molecule has 0 atom stereocenters. The van der Waals surface area contributed by atoms with Crippen molar-refractivity contribution in [3.8, 4) is 10.6 Å². The normalized spacial score (nSPS) is 11.2.